The van der Waals surface area contributed by atoms with Crippen LogP contribution in [0.25, 0.3) is 22.3 Å². The van der Waals surface area contributed by atoms with Crippen LogP contribution in [0.5, 0.6) is 5.75 Å². The number of carbonyl (C=O) groups is 2. The highest BCUT2D eigenvalue weighted by Gasteiger charge is 2.45. The molecule has 4 N–H and O–H groups in total. The first-order chi connectivity index (χ1) is 17.7. The number of urea groups is 1. The van der Waals surface area contributed by atoms with Gasteiger partial charge in [-0.25, -0.2) is 19.0 Å². The zero-order chi connectivity index (χ0) is 26.5. The number of carbonyl (C=O) groups excluding carboxylic acids is 2. The Morgan fingerprint density at radius 2 is 2.05 bits per heavy atom. The standard InChI is InChI=1S/C25H25FN4O7/c1-3-25(35)16-7-19-21-14(10-30(19)22(32)15(16)11-37-23(25)33)13(9-28-24(34)27-4-5-31)12-6-20(36-2)17(26)8-18(12)29-21/h6-8,31,35H,3-5,9-11H2,1-2H3,(H2,27,28,34)/t25-/m0/s1. The first kappa shape index (κ1) is 24.7. The van der Waals surface area contributed by atoms with Gasteiger partial charge in [0.25, 0.3) is 5.56 Å². The van der Waals surface area contributed by atoms with E-state index in [2.05, 4.69) is 15.6 Å². The molecule has 3 aromatic rings. The number of aromatic nitrogens is 2. The molecule has 5 rings (SSSR count). The van der Waals surface area contributed by atoms with E-state index in [1.807, 2.05) is 0 Å². The summed E-state index contributed by atoms with van der Waals surface area (Å²) in [6.07, 6.45) is 0.00284. The minimum absolute atomic E-state index is 0.00284. The number of aliphatic hydroxyl groups excluding tert-OH is 1. The maximum absolute atomic E-state index is 14.6. The van der Waals surface area contributed by atoms with E-state index in [1.165, 1.54) is 23.8 Å². The molecule has 0 unspecified atom stereocenters. The van der Waals surface area contributed by atoms with Gasteiger partial charge in [-0.2, -0.15) is 0 Å². The Hall–Kier alpha value is -4.03. The van der Waals surface area contributed by atoms with Crippen LogP contribution in [0.4, 0.5) is 9.18 Å². The van der Waals surface area contributed by atoms with Crippen LogP contribution < -0.4 is 20.9 Å². The van der Waals surface area contributed by atoms with E-state index >= 15 is 0 Å². The topological polar surface area (TPSA) is 152 Å². The number of halogens is 1. The molecule has 0 radical (unpaired) electrons. The lowest BCUT2D eigenvalue weighted by Gasteiger charge is -2.31. The number of aliphatic hydroxyl groups is 2. The van der Waals surface area contributed by atoms with Gasteiger partial charge >= 0.3 is 12.0 Å². The smallest absolute Gasteiger partial charge is 0.343 e. The minimum atomic E-state index is -1.98. The van der Waals surface area contributed by atoms with Crippen molar-refractivity contribution in [3.63, 3.8) is 0 Å². The Kier molecular flexibility index (Phi) is 6.08. The van der Waals surface area contributed by atoms with Gasteiger partial charge in [-0.05, 0) is 24.1 Å². The molecule has 2 aliphatic heterocycles. The summed E-state index contributed by atoms with van der Waals surface area (Å²) in [6, 6.07) is 3.74. The number of rotatable bonds is 6. The van der Waals surface area contributed by atoms with Crippen LogP contribution >= 0.6 is 0 Å². The van der Waals surface area contributed by atoms with E-state index in [0.717, 1.165) is 0 Å². The van der Waals surface area contributed by atoms with Crippen molar-refractivity contribution in [2.24, 2.45) is 0 Å². The summed E-state index contributed by atoms with van der Waals surface area (Å²) in [5.74, 6) is -1.47. The number of methoxy groups -OCH3 is 1. The number of ether oxygens (including phenoxy) is 2. The number of nitrogens with one attached hydrogen (secondary N) is 2. The lowest BCUT2D eigenvalue weighted by molar-refractivity contribution is -0.172. The molecule has 194 valence electrons. The molecule has 0 saturated carbocycles. The van der Waals surface area contributed by atoms with Crippen molar-refractivity contribution in [3.8, 4) is 17.1 Å². The van der Waals surface area contributed by atoms with Crippen LogP contribution in [0.3, 0.4) is 0 Å². The summed E-state index contributed by atoms with van der Waals surface area (Å²) in [4.78, 5) is 42.7. The fraction of sp³-hybridized carbons (Fsp3) is 0.360. The van der Waals surface area contributed by atoms with Crippen LogP contribution in [0.15, 0.2) is 23.0 Å². The van der Waals surface area contributed by atoms with Crippen molar-refractivity contribution >= 4 is 22.9 Å². The second-order valence-electron chi connectivity index (χ2n) is 8.86. The molecule has 2 amide bonds. The van der Waals surface area contributed by atoms with E-state index in [0.29, 0.717) is 27.9 Å². The average Bonchev–Trinajstić information content (AvgIpc) is 3.26. The van der Waals surface area contributed by atoms with Crippen LogP contribution in [0, 0.1) is 5.82 Å². The summed E-state index contributed by atoms with van der Waals surface area (Å²) in [6.45, 7) is 1.31. The predicted molar refractivity (Wildman–Crippen MR) is 128 cm³/mol. The Labute approximate surface area is 209 Å². The average molecular weight is 512 g/mol. The maximum Gasteiger partial charge on any atom is 0.343 e. The van der Waals surface area contributed by atoms with Gasteiger partial charge in [0, 0.05) is 35.7 Å². The minimum Gasteiger partial charge on any atom is -0.494 e. The molecule has 12 heteroatoms. The highest BCUT2D eigenvalue weighted by Crippen LogP contribution is 2.41. The van der Waals surface area contributed by atoms with Crippen molar-refractivity contribution in [1.82, 2.24) is 20.2 Å². The van der Waals surface area contributed by atoms with Gasteiger partial charge in [0.15, 0.2) is 17.2 Å². The lowest BCUT2D eigenvalue weighted by Crippen LogP contribution is -2.44. The van der Waals surface area contributed by atoms with E-state index in [1.54, 1.807) is 13.0 Å². The Morgan fingerprint density at radius 1 is 1.27 bits per heavy atom. The largest absolute Gasteiger partial charge is 0.494 e. The molecule has 37 heavy (non-hydrogen) atoms. The van der Waals surface area contributed by atoms with E-state index in [4.69, 9.17) is 14.6 Å². The highest BCUT2D eigenvalue weighted by molar-refractivity contribution is 5.90. The molecule has 1 aromatic carbocycles. The summed E-state index contributed by atoms with van der Waals surface area (Å²) in [5, 5.41) is 25.8. The van der Waals surface area contributed by atoms with Crippen molar-refractivity contribution in [1.29, 1.82) is 0 Å². The van der Waals surface area contributed by atoms with Crippen LogP contribution in [0.1, 0.15) is 35.6 Å². The maximum atomic E-state index is 14.6. The third-order valence-corrected chi connectivity index (χ3v) is 6.90. The third kappa shape index (κ3) is 3.80. The monoisotopic (exact) mass is 512 g/mol. The summed E-state index contributed by atoms with van der Waals surface area (Å²) in [7, 11) is 1.34. The molecule has 4 heterocycles. The number of pyridine rings is 2. The van der Waals surface area contributed by atoms with Gasteiger partial charge in [-0.1, -0.05) is 6.92 Å². The second-order valence-corrected chi connectivity index (χ2v) is 8.86. The van der Waals surface area contributed by atoms with E-state index in [-0.39, 0.29) is 61.7 Å². The molecule has 0 bridgehead atoms. The molecule has 1 atom stereocenters. The first-order valence-corrected chi connectivity index (χ1v) is 11.7. The van der Waals surface area contributed by atoms with Crippen molar-refractivity contribution in [3.05, 3.63) is 56.6 Å². The SMILES string of the molecule is CC[C@@]1(O)C(=O)OCc2c1cc1n(c2=O)Cc2c-1nc1cc(F)c(OC)cc1c2CNC(=O)NCCO. The molecule has 0 fully saturated rings. The summed E-state index contributed by atoms with van der Waals surface area (Å²) < 4.78 is 26.3. The quantitative estimate of drug-likeness (QED) is 0.280. The fourth-order valence-corrected chi connectivity index (χ4v) is 4.92. The summed E-state index contributed by atoms with van der Waals surface area (Å²) >= 11 is 0. The van der Waals surface area contributed by atoms with Crippen molar-refractivity contribution in [2.75, 3.05) is 20.3 Å². The van der Waals surface area contributed by atoms with Gasteiger partial charge < -0.3 is 34.9 Å². The van der Waals surface area contributed by atoms with Crippen LogP contribution in [-0.4, -0.2) is 52.0 Å². The Bertz CT molecular complexity index is 1520. The number of esters is 1. The number of benzene rings is 1. The van der Waals surface area contributed by atoms with Gasteiger partial charge in [0.05, 0.1) is 42.7 Å². The summed E-state index contributed by atoms with van der Waals surface area (Å²) in [5.41, 5.74) is 0.169. The Morgan fingerprint density at radius 3 is 2.76 bits per heavy atom. The lowest BCUT2D eigenvalue weighted by atomic mass is 9.86. The van der Waals surface area contributed by atoms with Crippen LogP contribution in [0.2, 0.25) is 0 Å². The van der Waals surface area contributed by atoms with E-state index in [9.17, 15) is 23.9 Å². The number of cyclic esters (lactones) is 1. The van der Waals surface area contributed by atoms with Crippen molar-refractivity contribution in [2.45, 2.75) is 38.6 Å². The highest BCUT2D eigenvalue weighted by atomic mass is 19.1. The predicted octanol–water partition coefficient (Wildman–Crippen LogP) is 1.02. The number of fused-ring (bicyclic) bond motifs is 5. The zero-order valence-electron chi connectivity index (χ0n) is 20.2. The molecular formula is C25H25FN4O7. The zero-order valence-corrected chi connectivity index (χ0v) is 20.2. The van der Waals surface area contributed by atoms with Crippen LogP contribution in [-0.2, 0) is 34.8 Å². The molecule has 0 aliphatic carbocycles. The van der Waals surface area contributed by atoms with Gasteiger partial charge in [-0.3, -0.25) is 4.79 Å². The number of hydrogen-bond acceptors (Lipinski definition) is 8. The number of nitrogens with zero attached hydrogens (tertiary/aromatic N) is 2. The molecule has 0 spiro atoms. The molecule has 11 nitrogen and oxygen atoms in total. The number of hydrogen-bond donors (Lipinski definition) is 4. The third-order valence-electron chi connectivity index (χ3n) is 6.90. The van der Waals surface area contributed by atoms with Gasteiger partial charge in [0.1, 0.15) is 6.61 Å². The van der Waals surface area contributed by atoms with Crippen molar-refractivity contribution < 1.29 is 33.7 Å². The fourth-order valence-electron chi connectivity index (χ4n) is 4.92. The molecule has 2 aromatic heterocycles. The first-order valence-electron chi connectivity index (χ1n) is 11.7. The molecular weight excluding hydrogens is 487 g/mol. The Balaban J connectivity index is 1.71. The molecule has 2 aliphatic rings. The van der Waals surface area contributed by atoms with Gasteiger partial charge in [0.2, 0.25) is 0 Å². The second kappa shape index (κ2) is 9.12. The molecule has 0 saturated heterocycles. The normalized spacial score (nSPS) is 17.6. The number of amides is 2. The van der Waals surface area contributed by atoms with Gasteiger partial charge in [-0.15, -0.1) is 0 Å². The van der Waals surface area contributed by atoms with E-state index < -0.39 is 29.0 Å².